The first-order valence-electron chi connectivity index (χ1n) is 7.37. The van der Waals surface area contributed by atoms with E-state index in [0.717, 1.165) is 19.3 Å². The second kappa shape index (κ2) is 8.62. The molecule has 118 valence electrons. The first-order chi connectivity index (χ1) is 9.95. The lowest BCUT2D eigenvalue weighted by Gasteiger charge is -2.16. The van der Waals surface area contributed by atoms with Crippen LogP contribution < -0.4 is 10.1 Å². The third-order valence-electron chi connectivity index (χ3n) is 3.19. The number of hydrogen-bond donors (Lipinski definition) is 2. The number of carbonyl (C=O) groups excluding carboxylic acids is 1. The van der Waals surface area contributed by atoms with Crippen molar-refractivity contribution in [2.75, 3.05) is 6.54 Å². The summed E-state index contributed by atoms with van der Waals surface area (Å²) in [5.41, 5.74) is 0.469. The largest absolute Gasteiger partial charge is 0.478 e. The fraction of sp³-hybridized carbons (Fsp3) is 0.562. The highest BCUT2D eigenvalue weighted by atomic mass is 19.1. The van der Waals surface area contributed by atoms with E-state index in [1.54, 1.807) is 19.9 Å². The highest BCUT2D eigenvalue weighted by molar-refractivity contribution is 5.80. The van der Waals surface area contributed by atoms with Gasteiger partial charge in [-0.25, -0.2) is 4.39 Å². The van der Waals surface area contributed by atoms with E-state index in [-0.39, 0.29) is 11.7 Å². The number of hydrogen-bond acceptors (Lipinski definition) is 3. The van der Waals surface area contributed by atoms with Crippen LogP contribution in [0.1, 0.15) is 51.7 Å². The Kier molecular flexibility index (Phi) is 7.15. The molecule has 4 nitrogen and oxygen atoms in total. The Morgan fingerprint density at radius 1 is 1.38 bits per heavy atom. The molecule has 0 aliphatic carbocycles. The fourth-order valence-corrected chi connectivity index (χ4v) is 1.85. The third-order valence-corrected chi connectivity index (χ3v) is 3.19. The Balaban J connectivity index is 2.54. The van der Waals surface area contributed by atoms with Crippen LogP contribution in [0.25, 0.3) is 0 Å². The average Bonchev–Trinajstić information content (AvgIpc) is 2.45. The van der Waals surface area contributed by atoms with Gasteiger partial charge in [-0.1, -0.05) is 25.8 Å². The highest BCUT2D eigenvalue weighted by Crippen LogP contribution is 2.22. The Labute approximate surface area is 125 Å². The molecule has 2 N–H and O–H groups in total. The molecular weight excluding hydrogens is 273 g/mol. The van der Waals surface area contributed by atoms with Crippen LogP contribution in [0, 0.1) is 5.82 Å². The van der Waals surface area contributed by atoms with E-state index in [1.165, 1.54) is 12.1 Å². The summed E-state index contributed by atoms with van der Waals surface area (Å²) in [6, 6.07) is 4.22. The molecule has 0 aromatic heterocycles. The van der Waals surface area contributed by atoms with E-state index in [0.29, 0.717) is 12.1 Å². The number of carbonyl (C=O) groups is 1. The maximum absolute atomic E-state index is 13.8. The van der Waals surface area contributed by atoms with Crippen LogP contribution in [0.4, 0.5) is 4.39 Å². The van der Waals surface area contributed by atoms with Crippen molar-refractivity contribution in [1.82, 2.24) is 5.32 Å². The quantitative estimate of drug-likeness (QED) is 0.725. The number of unbranched alkanes of at least 4 members (excludes halogenated alkanes) is 2. The summed E-state index contributed by atoms with van der Waals surface area (Å²) in [6.07, 6.45) is 1.56. The van der Waals surface area contributed by atoms with Crippen molar-refractivity contribution >= 4 is 5.91 Å². The molecule has 0 bridgehead atoms. The van der Waals surface area contributed by atoms with Crippen LogP contribution in [0.5, 0.6) is 5.75 Å². The molecule has 0 aliphatic rings. The molecule has 0 aliphatic heterocycles. The first-order valence-corrected chi connectivity index (χ1v) is 7.37. The van der Waals surface area contributed by atoms with Gasteiger partial charge in [0.25, 0.3) is 5.91 Å². The van der Waals surface area contributed by atoms with E-state index >= 15 is 0 Å². The van der Waals surface area contributed by atoms with E-state index in [4.69, 9.17) is 4.74 Å². The van der Waals surface area contributed by atoms with Crippen LogP contribution in [0.2, 0.25) is 0 Å². The summed E-state index contributed by atoms with van der Waals surface area (Å²) >= 11 is 0. The third kappa shape index (κ3) is 5.71. The van der Waals surface area contributed by atoms with Gasteiger partial charge in [0, 0.05) is 6.54 Å². The lowest BCUT2D eigenvalue weighted by Crippen LogP contribution is -2.37. The molecule has 0 radical (unpaired) electrons. The Morgan fingerprint density at radius 2 is 2.10 bits per heavy atom. The van der Waals surface area contributed by atoms with Gasteiger partial charge in [-0.15, -0.1) is 0 Å². The number of ether oxygens (including phenoxy) is 1. The van der Waals surface area contributed by atoms with Crippen molar-refractivity contribution < 1.29 is 19.0 Å². The number of amides is 1. The summed E-state index contributed by atoms with van der Waals surface area (Å²) in [4.78, 5) is 11.8. The predicted octanol–water partition coefficient (Wildman–Crippen LogP) is 2.95. The van der Waals surface area contributed by atoms with Gasteiger partial charge >= 0.3 is 0 Å². The second-order valence-corrected chi connectivity index (χ2v) is 5.12. The predicted molar refractivity (Wildman–Crippen MR) is 79.7 cm³/mol. The number of benzene rings is 1. The summed E-state index contributed by atoms with van der Waals surface area (Å²) in [6.45, 7) is 5.83. The second-order valence-electron chi connectivity index (χ2n) is 5.12. The maximum Gasteiger partial charge on any atom is 0.260 e. The number of aliphatic hydroxyl groups is 1. The zero-order valence-corrected chi connectivity index (χ0v) is 12.9. The number of halogens is 1. The van der Waals surface area contributed by atoms with Crippen LogP contribution in [0.3, 0.4) is 0 Å². The van der Waals surface area contributed by atoms with Gasteiger partial charge in [0.05, 0.1) is 6.10 Å². The van der Waals surface area contributed by atoms with Gasteiger partial charge in [-0.2, -0.15) is 0 Å². The van der Waals surface area contributed by atoms with Gasteiger partial charge < -0.3 is 15.2 Å². The molecule has 1 aromatic carbocycles. The van der Waals surface area contributed by atoms with Crippen molar-refractivity contribution in [2.24, 2.45) is 0 Å². The van der Waals surface area contributed by atoms with Crippen LogP contribution in [-0.4, -0.2) is 23.7 Å². The molecular formula is C16H24FNO3. The average molecular weight is 297 g/mol. The molecule has 1 rings (SSSR count). The van der Waals surface area contributed by atoms with Crippen LogP contribution in [0.15, 0.2) is 18.2 Å². The van der Waals surface area contributed by atoms with Crippen molar-refractivity contribution in [1.29, 1.82) is 0 Å². The molecule has 0 spiro atoms. The van der Waals surface area contributed by atoms with Crippen molar-refractivity contribution in [3.05, 3.63) is 29.6 Å². The number of aliphatic hydroxyl groups excluding tert-OH is 1. The number of rotatable bonds is 8. The van der Waals surface area contributed by atoms with Gasteiger partial charge in [0.15, 0.2) is 17.7 Å². The lowest BCUT2D eigenvalue weighted by atomic mass is 10.1. The Hall–Kier alpha value is -1.62. The highest BCUT2D eigenvalue weighted by Gasteiger charge is 2.16. The topological polar surface area (TPSA) is 58.6 Å². The summed E-state index contributed by atoms with van der Waals surface area (Å²) in [5.74, 6) is -0.834. The fourth-order valence-electron chi connectivity index (χ4n) is 1.85. The van der Waals surface area contributed by atoms with E-state index in [1.807, 2.05) is 0 Å². The summed E-state index contributed by atoms with van der Waals surface area (Å²) in [7, 11) is 0. The molecule has 0 saturated carbocycles. The molecule has 0 heterocycles. The molecule has 5 heteroatoms. The van der Waals surface area contributed by atoms with E-state index in [9.17, 15) is 14.3 Å². The van der Waals surface area contributed by atoms with Crippen molar-refractivity contribution in [3.63, 3.8) is 0 Å². The van der Waals surface area contributed by atoms with Crippen LogP contribution in [-0.2, 0) is 4.79 Å². The molecule has 0 saturated heterocycles. The first kappa shape index (κ1) is 17.4. The lowest BCUT2D eigenvalue weighted by molar-refractivity contribution is -0.127. The summed E-state index contributed by atoms with van der Waals surface area (Å²) in [5, 5.41) is 12.1. The molecule has 2 unspecified atom stereocenters. The molecule has 2 atom stereocenters. The molecule has 1 aromatic rings. The standard InChI is InChI=1S/C16H24FNO3/c1-4-5-6-9-18-16(20)12(3)21-15-8-7-13(11(2)19)10-14(15)17/h7-8,10-12,19H,4-6,9H2,1-3H3,(H,18,20). The maximum atomic E-state index is 13.8. The summed E-state index contributed by atoms with van der Waals surface area (Å²) < 4.78 is 19.1. The SMILES string of the molecule is CCCCCNC(=O)C(C)Oc1ccc(C(C)O)cc1F. The normalized spacial score (nSPS) is 13.6. The Bertz CT molecular complexity index is 463. The monoisotopic (exact) mass is 297 g/mol. The van der Waals surface area contributed by atoms with E-state index in [2.05, 4.69) is 12.2 Å². The minimum absolute atomic E-state index is 0.00982. The van der Waals surface area contributed by atoms with Crippen molar-refractivity contribution in [2.45, 2.75) is 52.2 Å². The van der Waals surface area contributed by atoms with Crippen molar-refractivity contribution in [3.8, 4) is 5.75 Å². The number of nitrogens with one attached hydrogen (secondary N) is 1. The minimum Gasteiger partial charge on any atom is -0.478 e. The van der Waals surface area contributed by atoms with Gasteiger partial charge in [0.1, 0.15) is 0 Å². The van der Waals surface area contributed by atoms with Crippen LogP contribution >= 0.6 is 0 Å². The minimum atomic E-state index is -0.765. The van der Waals surface area contributed by atoms with Gasteiger partial charge in [-0.3, -0.25) is 4.79 Å². The molecule has 0 fully saturated rings. The molecule has 1 amide bonds. The zero-order valence-electron chi connectivity index (χ0n) is 12.9. The zero-order chi connectivity index (χ0) is 15.8. The molecule has 21 heavy (non-hydrogen) atoms. The van der Waals surface area contributed by atoms with E-state index < -0.39 is 18.0 Å². The van der Waals surface area contributed by atoms with Gasteiger partial charge in [0.2, 0.25) is 0 Å². The Morgan fingerprint density at radius 3 is 2.67 bits per heavy atom. The van der Waals surface area contributed by atoms with Gasteiger partial charge in [-0.05, 0) is 38.0 Å². The smallest absolute Gasteiger partial charge is 0.260 e.